The third-order valence-electron chi connectivity index (χ3n) is 6.52. The molecule has 2 aliphatic heterocycles. The zero-order chi connectivity index (χ0) is 22.8. The summed E-state index contributed by atoms with van der Waals surface area (Å²) in [5, 5.41) is 3.45. The third kappa shape index (κ3) is 7.12. The molecule has 32 heavy (non-hydrogen) atoms. The van der Waals surface area contributed by atoms with Crippen LogP contribution in [0.25, 0.3) is 0 Å². The Balaban J connectivity index is 1.44. The number of rotatable bonds is 8. The van der Waals surface area contributed by atoms with Crippen molar-refractivity contribution in [2.45, 2.75) is 46.1 Å². The maximum Gasteiger partial charge on any atom is 0.309 e. The first-order valence-electron chi connectivity index (χ1n) is 12.2. The SMILES string of the molecule is CCNC(=NCC1CCN(Cc2ccc(OC)cc2)CC1)N1CCC(C(=O)OCC)CC1. The highest BCUT2D eigenvalue weighted by Crippen LogP contribution is 2.22. The number of guanidine groups is 1. The molecule has 0 spiro atoms. The van der Waals surface area contributed by atoms with E-state index in [4.69, 9.17) is 14.5 Å². The molecular formula is C25H40N4O3. The number of nitrogens with one attached hydrogen (secondary N) is 1. The average molecular weight is 445 g/mol. The molecule has 0 atom stereocenters. The van der Waals surface area contributed by atoms with Gasteiger partial charge in [-0.05, 0) is 76.2 Å². The van der Waals surface area contributed by atoms with Crippen molar-refractivity contribution in [3.63, 3.8) is 0 Å². The van der Waals surface area contributed by atoms with Crippen LogP contribution >= 0.6 is 0 Å². The number of ether oxygens (including phenoxy) is 2. The maximum atomic E-state index is 12.0. The van der Waals surface area contributed by atoms with E-state index in [1.807, 2.05) is 19.1 Å². The molecule has 0 saturated carbocycles. The molecule has 0 aromatic heterocycles. The summed E-state index contributed by atoms with van der Waals surface area (Å²) < 4.78 is 10.4. The van der Waals surface area contributed by atoms with E-state index >= 15 is 0 Å². The first kappa shape index (κ1) is 24.4. The normalized spacial score (nSPS) is 19.1. The number of carbonyl (C=O) groups is 1. The van der Waals surface area contributed by atoms with Gasteiger partial charge in [-0.25, -0.2) is 0 Å². The summed E-state index contributed by atoms with van der Waals surface area (Å²) in [6.07, 6.45) is 4.05. The summed E-state index contributed by atoms with van der Waals surface area (Å²) in [7, 11) is 1.70. The molecule has 7 nitrogen and oxygen atoms in total. The van der Waals surface area contributed by atoms with Crippen LogP contribution in [0, 0.1) is 11.8 Å². The zero-order valence-electron chi connectivity index (χ0n) is 20.0. The van der Waals surface area contributed by atoms with Crippen molar-refractivity contribution in [3.8, 4) is 5.75 Å². The zero-order valence-corrected chi connectivity index (χ0v) is 20.0. The number of esters is 1. The van der Waals surface area contributed by atoms with Crippen LogP contribution in [-0.4, -0.2) is 74.7 Å². The Morgan fingerprint density at radius 3 is 2.34 bits per heavy atom. The summed E-state index contributed by atoms with van der Waals surface area (Å²) in [5.74, 6) is 2.52. The van der Waals surface area contributed by atoms with Gasteiger partial charge in [-0.1, -0.05) is 12.1 Å². The van der Waals surface area contributed by atoms with Gasteiger partial charge in [0.1, 0.15) is 5.75 Å². The van der Waals surface area contributed by atoms with E-state index in [9.17, 15) is 4.79 Å². The van der Waals surface area contributed by atoms with Gasteiger partial charge in [0.2, 0.25) is 0 Å². The van der Waals surface area contributed by atoms with Crippen molar-refractivity contribution in [2.24, 2.45) is 16.8 Å². The van der Waals surface area contributed by atoms with E-state index in [1.165, 1.54) is 18.4 Å². The summed E-state index contributed by atoms with van der Waals surface area (Å²) in [6, 6.07) is 8.38. The number of likely N-dealkylation sites (tertiary alicyclic amines) is 2. The average Bonchev–Trinajstić information content (AvgIpc) is 2.83. The number of nitrogens with zero attached hydrogens (tertiary/aromatic N) is 3. The minimum atomic E-state index is -0.0458. The second-order valence-corrected chi connectivity index (χ2v) is 8.78. The molecule has 3 rings (SSSR count). The van der Waals surface area contributed by atoms with Crippen LogP contribution in [-0.2, 0) is 16.1 Å². The Morgan fingerprint density at radius 2 is 1.75 bits per heavy atom. The highest BCUT2D eigenvalue weighted by atomic mass is 16.5. The molecule has 1 N–H and O–H groups in total. The number of hydrogen-bond acceptors (Lipinski definition) is 5. The van der Waals surface area contributed by atoms with Crippen molar-refractivity contribution >= 4 is 11.9 Å². The van der Waals surface area contributed by atoms with Gasteiger partial charge >= 0.3 is 5.97 Å². The van der Waals surface area contributed by atoms with Crippen molar-refractivity contribution in [1.82, 2.24) is 15.1 Å². The predicted octanol–water partition coefficient (Wildman–Crippen LogP) is 3.15. The molecular weight excluding hydrogens is 404 g/mol. The molecule has 1 aromatic rings. The Hall–Kier alpha value is -2.28. The van der Waals surface area contributed by atoms with E-state index in [-0.39, 0.29) is 11.9 Å². The molecule has 0 bridgehead atoms. The van der Waals surface area contributed by atoms with Gasteiger partial charge in [0.15, 0.2) is 5.96 Å². The monoisotopic (exact) mass is 444 g/mol. The van der Waals surface area contributed by atoms with E-state index in [1.54, 1.807) is 7.11 Å². The Kier molecular flexibility index (Phi) is 9.65. The van der Waals surface area contributed by atoms with Gasteiger partial charge < -0.3 is 19.7 Å². The van der Waals surface area contributed by atoms with Crippen LogP contribution in [0.1, 0.15) is 45.1 Å². The summed E-state index contributed by atoms with van der Waals surface area (Å²) in [4.78, 5) is 21.8. The second kappa shape index (κ2) is 12.7. The van der Waals surface area contributed by atoms with Crippen LogP contribution in [0.15, 0.2) is 29.3 Å². The smallest absolute Gasteiger partial charge is 0.309 e. The second-order valence-electron chi connectivity index (χ2n) is 8.78. The van der Waals surface area contributed by atoms with Crippen molar-refractivity contribution in [3.05, 3.63) is 29.8 Å². The van der Waals surface area contributed by atoms with Crippen molar-refractivity contribution in [2.75, 3.05) is 53.0 Å². The largest absolute Gasteiger partial charge is 0.497 e. The van der Waals surface area contributed by atoms with Crippen LogP contribution in [0.3, 0.4) is 0 Å². The molecule has 0 amide bonds. The van der Waals surface area contributed by atoms with Gasteiger partial charge in [0.25, 0.3) is 0 Å². The van der Waals surface area contributed by atoms with E-state index in [2.05, 4.69) is 34.2 Å². The lowest BCUT2D eigenvalue weighted by molar-refractivity contribution is -0.149. The Labute approximate surface area is 193 Å². The lowest BCUT2D eigenvalue weighted by Gasteiger charge is -2.34. The van der Waals surface area contributed by atoms with Crippen molar-refractivity contribution in [1.29, 1.82) is 0 Å². The molecule has 1 aromatic carbocycles. The fourth-order valence-corrected chi connectivity index (χ4v) is 4.54. The minimum absolute atomic E-state index is 0.0316. The van der Waals surface area contributed by atoms with E-state index in [0.29, 0.717) is 12.5 Å². The fourth-order valence-electron chi connectivity index (χ4n) is 4.54. The lowest BCUT2D eigenvalue weighted by Crippen LogP contribution is -2.47. The number of methoxy groups -OCH3 is 1. The third-order valence-corrected chi connectivity index (χ3v) is 6.52. The highest BCUT2D eigenvalue weighted by Gasteiger charge is 2.27. The number of piperidine rings is 2. The topological polar surface area (TPSA) is 66.4 Å². The van der Waals surface area contributed by atoms with Gasteiger partial charge in [-0.3, -0.25) is 14.7 Å². The first-order chi connectivity index (χ1) is 15.6. The fraction of sp³-hybridized carbons (Fsp3) is 0.680. The summed E-state index contributed by atoms with van der Waals surface area (Å²) in [5.41, 5.74) is 1.34. The molecule has 7 heteroatoms. The quantitative estimate of drug-likeness (QED) is 0.378. The van der Waals surface area contributed by atoms with E-state index < -0.39 is 0 Å². The molecule has 2 saturated heterocycles. The molecule has 2 heterocycles. The predicted molar refractivity (Wildman–Crippen MR) is 128 cm³/mol. The summed E-state index contributed by atoms with van der Waals surface area (Å²) in [6.45, 7) is 11.1. The number of benzene rings is 1. The molecule has 2 fully saturated rings. The minimum Gasteiger partial charge on any atom is -0.497 e. The maximum absolute atomic E-state index is 12.0. The molecule has 2 aliphatic rings. The van der Waals surface area contributed by atoms with Crippen molar-refractivity contribution < 1.29 is 14.3 Å². The number of hydrogen-bond donors (Lipinski definition) is 1. The standard InChI is InChI=1S/C25H40N4O3/c1-4-26-25(29-16-12-22(13-17-29)24(30)32-5-2)27-18-20-10-14-28(15-11-20)19-21-6-8-23(31-3)9-7-21/h6-9,20,22H,4-5,10-19H2,1-3H3,(H,26,27). The number of aliphatic imine (C=N–C) groups is 1. The Bertz CT molecular complexity index is 721. The van der Waals surface area contributed by atoms with Crippen LogP contribution in [0.4, 0.5) is 0 Å². The van der Waals surface area contributed by atoms with Crippen LogP contribution in [0.2, 0.25) is 0 Å². The van der Waals surface area contributed by atoms with Crippen LogP contribution in [0.5, 0.6) is 5.75 Å². The highest BCUT2D eigenvalue weighted by molar-refractivity contribution is 5.80. The number of carbonyl (C=O) groups excluding carboxylic acids is 1. The first-order valence-corrected chi connectivity index (χ1v) is 12.2. The van der Waals surface area contributed by atoms with Crippen LogP contribution < -0.4 is 10.1 Å². The lowest BCUT2D eigenvalue weighted by atomic mass is 9.96. The molecule has 0 unspecified atom stereocenters. The van der Waals surface area contributed by atoms with Gasteiger partial charge in [0.05, 0.1) is 19.6 Å². The summed E-state index contributed by atoms with van der Waals surface area (Å²) >= 11 is 0. The van der Waals surface area contributed by atoms with Gasteiger partial charge in [-0.2, -0.15) is 0 Å². The molecule has 178 valence electrons. The van der Waals surface area contributed by atoms with Gasteiger partial charge in [-0.15, -0.1) is 0 Å². The van der Waals surface area contributed by atoms with Gasteiger partial charge in [0, 0.05) is 32.7 Å². The Morgan fingerprint density at radius 1 is 1.06 bits per heavy atom. The van der Waals surface area contributed by atoms with E-state index in [0.717, 1.165) is 70.4 Å². The molecule has 0 radical (unpaired) electrons. The molecule has 0 aliphatic carbocycles.